The Morgan fingerprint density at radius 2 is 1.79 bits per heavy atom. The summed E-state index contributed by atoms with van der Waals surface area (Å²) in [7, 11) is 1.67. The van der Waals surface area contributed by atoms with Crippen molar-refractivity contribution in [1.82, 2.24) is 15.5 Å². The molecule has 0 saturated heterocycles. The largest absolute Gasteiger partial charge is 0.382 e. The van der Waals surface area contributed by atoms with Crippen molar-refractivity contribution in [1.29, 1.82) is 0 Å². The molecule has 0 bridgehead atoms. The van der Waals surface area contributed by atoms with Crippen LogP contribution in [0.15, 0.2) is 4.99 Å². The highest BCUT2D eigenvalue weighted by Gasteiger charge is 2.08. The van der Waals surface area contributed by atoms with E-state index in [2.05, 4.69) is 15.6 Å². The average molecular weight is 345 g/mol. The van der Waals surface area contributed by atoms with Gasteiger partial charge in [0.2, 0.25) is 5.91 Å². The van der Waals surface area contributed by atoms with E-state index in [0.29, 0.717) is 26.2 Å². The Labute approximate surface area is 147 Å². The number of nitrogens with zero attached hydrogens (tertiary/aromatic N) is 2. The SMILES string of the molecule is CCNC(=NCCCCOCCOC)NCCC(=O)N(CC)CC. The van der Waals surface area contributed by atoms with E-state index in [-0.39, 0.29) is 5.91 Å². The Bertz CT molecular complexity index is 334. The summed E-state index contributed by atoms with van der Waals surface area (Å²) in [5.41, 5.74) is 0. The van der Waals surface area contributed by atoms with Gasteiger partial charge in [-0.1, -0.05) is 0 Å². The van der Waals surface area contributed by atoms with Crippen LogP contribution >= 0.6 is 0 Å². The third-order valence-electron chi connectivity index (χ3n) is 3.49. The zero-order valence-corrected chi connectivity index (χ0v) is 15.9. The van der Waals surface area contributed by atoms with E-state index in [0.717, 1.165) is 51.6 Å². The Balaban J connectivity index is 3.92. The predicted molar refractivity (Wildman–Crippen MR) is 98.5 cm³/mol. The first kappa shape index (κ1) is 22.7. The molecule has 0 rings (SSSR count). The van der Waals surface area contributed by atoms with Crippen LogP contribution in [0.3, 0.4) is 0 Å². The van der Waals surface area contributed by atoms with Crippen molar-refractivity contribution in [2.24, 2.45) is 4.99 Å². The van der Waals surface area contributed by atoms with E-state index < -0.39 is 0 Å². The number of methoxy groups -OCH3 is 1. The number of aliphatic imine (C=N–C) groups is 1. The lowest BCUT2D eigenvalue weighted by Crippen LogP contribution is -2.40. The number of guanidine groups is 1. The molecule has 7 heteroatoms. The number of unbranched alkanes of at least 4 members (excludes halogenated alkanes) is 1. The first-order valence-electron chi connectivity index (χ1n) is 9.06. The molecule has 0 aromatic rings. The first-order chi connectivity index (χ1) is 11.7. The number of hydrogen-bond donors (Lipinski definition) is 2. The van der Waals surface area contributed by atoms with Gasteiger partial charge in [-0.2, -0.15) is 0 Å². The zero-order chi connectivity index (χ0) is 18.0. The molecule has 0 aromatic heterocycles. The highest BCUT2D eigenvalue weighted by molar-refractivity contribution is 5.81. The second-order valence-corrected chi connectivity index (χ2v) is 5.32. The van der Waals surface area contributed by atoms with Crippen LogP contribution in [0.4, 0.5) is 0 Å². The fourth-order valence-corrected chi connectivity index (χ4v) is 2.12. The van der Waals surface area contributed by atoms with Gasteiger partial charge in [-0.05, 0) is 33.6 Å². The zero-order valence-electron chi connectivity index (χ0n) is 15.9. The van der Waals surface area contributed by atoms with Gasteiger partial charge in [0.15, 0.2) is 5.96 Å². The van der Waals surface area contributed by atoms with Gasteiger partial charge >= 0.3 is 0 Å². The number of hydrogen-bond acceptors (Lipinski definition) is 4. The first-order valence-corrected chi connectivity index (χ1v) is 9.06. The molecule has 0 unspecified atom stereocenters. The van der Waals surface area contributed by atoms with Crippen molar-refractivity contribution >= 4 is 11.9 Å². The predicted octanol–water partition coefficient (Wildman–Crippen LogP) is 1.24. The molecule has 7 nitrogen and oxygen atoms in total. The average Bonchev–Trinajstić information content (AvgIpc) is 2.58. The van der Waals surface area contributed by atoms with Gasteiger partial charge in [-0.25, -0.2) is 0 Å². The van der Waals surface area contributed by atoms with Crippen LogP contribution in [0.2, 0.25) is 0 Å². The minimum absolute atomic E-state index is 0.177. The summed E-state index contributed by atoms with van der Waals surface area (Å²) in [4.78, 5) is 18.3. The van der Waals surface area contributed by atoms with E-state index in [9.17, 15) is 4.79 Å². The molecule has 2 N–H and O–H groups in total. The third-order valence-corrected chi connectivity index (χ3v) is 3.49. The van der Waals surface area contributed by atoms with Crippen molar-refractivity contribution in [3.63, 3.8) is 0 Å². The van der Waals surface area contributed by atoms with Gasteiger partial charge in [0.25, 0.3) is 0 Å². The lowest BCUT2D eigenvalue weighted by molar-refractivity contribution is -0.130. The highest BCUT2D eigenvalue weighted by atomic mass is 16.5. The fourth-order valence-electron chi connectivity index (χ4n) is 2.12. The van der Waals surface area contributed by atoms with Crippen LogP contribution < -0.4 is 10.6 Å². The van der Waals surface area contributed by atoms with Crippen LogP contribution in [0.5, 0.6) is 0 Å². The molecule has 0 radical (unpaired) electrons. The molecule has 0 heterocycles. The van der Waals surface area contributed by atoms with E-state index in [4.69, 9.17) is 9.47 Å². The summed E-state index contributed by atoms with van der Waals surface area (Å²) in [6.07, 6.45) is 2.44. The van der Waals surface area contributed by atoms with Crippen LogP contribution in [0, 0.1) is 0 Å². The van der Waals surface area contributed by atoms with Crippen LogP contribution in [0.1, 0.15) is 40.0 Å². The van der Waals surface area contributed by atoms with Gasteiger partial charge in [0.05, 0.1) is 13.2 Å². The second-order valence-electron chi connectivity index (χ2n) is 5.32. The summed E-state index contributed by atoms with van der Waals surface area (Å²) in [6.45, 7) is 11.7. The normalized spacial score (nSPS) is 11.4. The highest BCUT2D eigenvalue weighted by Crippen LogP contribution is 1.94. The molecule has 142 valence electrons. The van der Waals surface area contributed by atoms with E-state index in [1.807, 2.05) is 25.7 Å². The molecule has 1 amide bonds. The maximum Gasteiger partial charge on any atom is 0.224 e. The summed E-state index contributed by atoms with van der Waals surface area (Å²) in [5, 5.41) is 6.42. The van der Waals surface area contributed by atoms with E-state index in [1.165, 1.54) is 0 Å². The van der Waals surface area contributed by atoms with Gasteiger partial charge in [-0.3, -0.25) is 9.79 Å². The topological polar surface area (TPSA) is 75.2 Å². The molecule has 0 aromatic carbocycles. The maximum absolute atomic E-state index is 12.0. The number of amides is 1. The van der Waals surface area contributed by atoms with Gasteiger partial charge in [-0.15, -0.1) is 0 Å². The van der Waals surface area contributed by atoms with Crippen molar-refractivity contribution in [2.45, 2.75) is 40.0 Å². The number of ether oxygens (including phenoxy) is 2. The summed E-state index contributed by atoms with van der Waals surface area (Å²) >= 11 is 0. The smallest absolute Gasteiger partial charge is 0.224 e. The minimum Gasteiger partial charge on any atom is -0.382 e. The lowest BCUT2D eigenvalue weighted by atomic mass is 10.3. The Hall–Kier alpha value is -1.34. The molecule has 0 fully saturated rings. The molecule has 24 heavy (non-hydrogen) atoms. The number of nitrogens with one attached hydrogen (secondary N) is 2. The van der Waals surface area contributed by atoms with E-state index >= 15 is 0 Å². The van der Waals surface area contributed by atoms with Crippen LogP contribution in [0.25, 0.3) is 0 Å². The molecule has 0 spiro atoms. The Kier molecular flexibility index (Phi) is 15.6. The van der Waals surface area contributed by atoms with Crippen molar-refractivity contribution in [3.8, 4) is 0 Å². The van der Waals surface area contributed by atoms with Crippen molar-refractivity contribution in [3.05, 3.63) is 0 Å². The standard InChI is InChI=1S/C17H36N4O3/c1-5-18-17(19-11-8-9-13-24-15-14-23-4)20-12-10-16(22)21(6-2)7-3/h5-15H2,1-4H3,(H2,18,19,20). The molecule has 0 aliphatic rings. The second kappa shape index (κ2) is 16.5. The molecule has 0 aliphatic carbocycles. The molecular formula is C17H36N4O3. The number of carbonyl (C=O) groups excluding carboxylic acids is 1. The third kappa shape index (κ3) is 12.1. The molecule has 0 atom stereocenters. The molecule has 0 aliphatic heterocycles. The van der Waals surface area contributed by atoms with Gasteiger partial charge < -0.3 is 25.0 Å². The Morgan fingerprint density at radius 1 is 1.04 bits per heavy atom. The molecular weight excluding hydrogens is 308 g/mol. The van der Waals surface area contributed by atoms with Crippen molar-refractivity contribution in [2.75, 3.05) is 59.7 Å². The van der Waals surface area contributed by atoms with Crippen LogP contribution in [-0.2, 0) is 14.3 Å². The molecule has 0 saturated carbocycles. The lowest BCUT2D eigenvalue weighted by Gasteiger charge is -2.19. The minimum atomic E-state index is 0.177. The number of carbonyl (C=O) groups is 1. The monoisotopic (exact) mass is 344 g/mol. The van der Waals surface area contributed by atoms with Crippen LogP contribution in [-0.4, -0.2) is 76.4 Å². The van der Waals surface area contributed by atoms with Gasteiger partial charge in [0, 0.05) is 52.9 Å². The maximum atomic E-state index is 12.0. The summed E-state index contributed by atoms with van der Waals surface area (Å²) in [6, 6.07) is 0. The van der Waals surface area contributed by atoms with Gasteiger partial charge in [0.1, 0.15) is 0 Å². The Morgan fingerprint density at radius 3 is 2.42 bits per heavy atom. The van der Waals surface area contributed by atoms with Crippen molar-refractivity contribution < 1.29 is 14.3 Å². The number of rotatable bonds is 14. The summed E-state index contributed by atoms with van der Waals surface area (Å²) in [5.74, 6) is 0.946. The quantitative estimate of drug-likeness (QED) is 0.282. The van der Waals surface area contributed by atoms with E-state index in [1.54, 1.807) is 7.11 Å². The fraction of sp³-hybridized carbons (Fsp3) is 0.882. The summed E-state index contributed by atoms with van der Waals surface area (Å²) < 4.78 is 10.3.